The molecule has 2 aromatic carbocycles. The van der Waals surface area contributed by atoms with Crippen molar-refractivity contribution in [1.82, 2.24) is 4.72 Å². The Morgan fingerprint density at radius 3 is 1.62 bits per heavy atom. The van der Waals surface area contributed by atoms with E-state index in [1.54, 1.807) is 0 Å². The summed E-state index contributed by atoms with van der Waals surface area (Å²) in [6, 6.07) is 14.9. The first-order valence-corrected chi connectivity index (χ1v) is 12.0. The molecule has 0 fully saturated rings. The van der Waals surface area contributed by atoms with Crippen molar-refractivity contribution in [3.8, 4) is 0 Å². The Hall–Kier alpha value is -1.45. The molecule has 2 nitrogen and oxygen atoms in total. The van der Waals surface area contributed by atoms with Gasteiger partial charge in [0.2, 0.25) is 0 Å². The molecule has 2 atom stereocenters. The summed E-state index contributed by atoms with van der Waals surface area (Å²) in [6.45, 7) is 19.8. The molecule has 2 aromatic rings. The number of hydrogen-bond acceptors (Lipinski definition) is 1. The zero-order chi connectivity index (χ0) is 21.9. The average molecular weight is 414 g/mol. The van der Waals surface area contributed by atoms with Gasteiger partial charge in [0.25, 0.3) is 0 Å². The summed E-state index contributed by atoms with van der Waals surface area (Å²) in [7, 11) is -1.30. The molecule has 0 aliphatic heterocycles. The van der Waals surface area contributed by atoms with Crippen LogP contribution in [0.5, 0.6) is 0 Å². The average Bonchev–Trinajstić information content (AvgIpc) is 2.64. The van der Waals surface area contributed by atoms with E-state index in [1.807, 2.05) is 6.07 Å². The number of rotatable bonds is 7. The summed E-state index contributed by atoms with van der Waals surface area (Å²) < 4.78 is 17.3. The second-order valence-corrected chi connectivity index (χ2v) is 11.3. The van der Waals surface area contributed by atoms with Gasteiger partial charge in [0.15, 0.2) is 0 Å². The molecule has 160 valence electrons. The lowest BCUT2D eigenvalue weighted by molar-refractivity contribution is 0.308. The third-order valence-corrected chi connectivity index (χ3v) is 6.78. The van der Waals surface area contributed by atoms with Crippen LogP contribution >= 0.6 is 0 Å². The van der Waals surface area contributed by atoms with Gasteiger partial charge in [-0.2, -0.15) is 0 Å². The molecule has 3 heteroatoms. The lowest BCUT2D eigenvalue weighted by atomic mass is 9.83. The summed E-state index contributed by atoms with van der Waals surface area (Å²) >= 11 is 0. The molecule has 29 heavy (non-hydrogen) atoms. The van der Waals surface area contributed by atoms with Gasteiger partial charge in [-0.15, -0.1) is 0 Å². The maximum Gasteiger partial charge on any atom is 0.126 e. The number of nitrogens with one attached hydrogen (secondary N) is 1. The van der Waals surface area contributed by atoms with Crippen LogP contribution in [0.2, 0.25) is 0 Å². The van der Waals surface area contributed by atoms with E-state index in [9.17, 15) is 4.21 Å². The number of hydrogen-bond donors (Lipinski definition) is 1. The highest BCUT2D eigenvalue weighted by atomic mass is 32.2. The van der Waals surface area contributed by atoms with Gasteiger partial charge in [-0.3, -0.25) is 0 Å². The molecular weight excluding hydrogens is 374 g/mol. The van der Waals surface area contributed by atoms with E-state index in [4.69, 9.17) is 0 Å². The predicted octanol–water partition coefficient (Wildman–Crippen LogP) is 7.46. The number of benzene rings is 2. The van der Waals surface area contributed by atoms with Crippen LogP contribution in [0.25, 0.3) is 0 Å². The Morgan fingerprint density at radius 2 is 1.24 bits per heavy atom. The van der Waals surface area contributed by atoms with E-state index >= 15 is 0 Å². The maximum absolute atomic E-state index is 13.8. The van der Waals surface area contributed by atoms with E-state index in [1.165, 1.54) is 22.3 Å². The highest BCUT2D eigenvalue weighted by Crippen LogP contribution is 2.37. The van der Waals surface area contributed by atoms with E-state index in [2.05, 4.69) is 103 Å². The van der Waals surface area contributed by atoms with Crippen LogP contribution < -0.4 is 4.72 Å². The molecule has 0 radical (unpaired) electrons. The molecule has 0 spiro atoms. The maximum atomic E-state index is 13.8. The standard InChI is InChI=1S/C26H39NOS/c1-17(2)21-15-22(18(3)4)24(23(16-21)19(5)6)29(28)27-25(26(7,8)9)20-13-11-10-12-14-20/h10-19,25,27H,1-9H3/t25-,29-/m1/s1. The molecule has 0 heterocycles. The van der Waals surface area contributed by atoms with Crippen molar-refractivity contribution in [3.63, 3.8) is 0 Å². The van der Waals surface area contributed by atoms with Crippen LogP contribution in [-0.4, -0.2) is 4.21 Å². The molecule has 1 N–H and O–H groups in total. The predicted molar refractivity (Wildman–Crippen MR) is 127 cm³/mol. The van der Waals surface area contributed by atoms with E-state index < -0.39 is 11.0 Å². The Balaban J connectivity index is 2.58. The summed E-state index contributed by atoms with van der Waals surface area (Å²) in [6.07, 6.45) is 0. The molecule has 2 rings (SSSR count). The smallest absolute Gasteiger partial charge is 0.126 e. The van der Waals surface area contributed by atoms with Crippen LogP contribution in [0.15, 0.2) is 47.4 Å². The van der Waals surface area contributed by atoms with Crippen molar-refractivity contribution in [1.29, 1.82) is 0 Å². The fraction of sp³-hybridized carbons (Fsp3) is 0.538. The van der Waals surface area contributed by atoms with Crippen LogP contribution in [0, 0.1) is 5.41 Å². The summed E-state index contributed by atoms with van der Waals surface area (Å²) in [5.41, 5.74) is 4.83. The Labute approximate surface area is 181 Å². The van der Waals surface area contributed by atoms with Crippen LogP contribution in [-0.2, 0) is 11.0 Å². The molecule has 0 saturated carbocycles. The molecule has 0 aromatic heterocycles. The third-order valence-electron chi connectivity index (χ3n) is 5.49. The molecule has 0 amide bonds. The topological polar surface area (TPSA) is 29.1 Å². The van der Waals surface area contributed by atoms with Gasteiger partial charge >= 0.3 is 0 Å². The third kappa shape index (κ3) is 5.79. The monoisotopic (exact) mass is 413 g/mol. The Bertz CT molecular complexity index is 803. The zero-order valence-corrected chi connectivity index (χ0v) is 20.5. The van der Waals surface area contributed by atoms with Crippen molar-refractivity contribution in [2.24, 2.45) is 5.41 Å². The van der Waals surface area contributed by atoms with Crippen molar-refractivity contribution < 1.29 is 4.21 Å². The second-order valence-electron chi connectivity index (χ2n) is 10.1. The fourth-order valence-electron chi connectivity index (χ4n) is 3.66. The zero-order valence-electron chi connectivity index (χ0n) is 19.7. The highest BCUT2D eigenvalue weighted by Gasteiger charge is 2.30. The van der Waals surface area contributed by atoms with Crippen molar-refractivity contribution in [3.05, 3.63) is 64.7 Å². The Kier molecular flexibility index (Phi) is 7.86. The molecule has 0 aliphatic carbocycles. The fourth-order valence-corrected chi connectivity index (χ4v) is 5.50. The van der Waals surface area contributed by atoms with Gasteiger partial charge in [0.05, 0.1) is 4.90 Å². The van der Waals surface area contributed by atoms with Gasteiger partial charge in [0, 0.05) is 6.04 Å². The molecule has 0 aliphatic rings. The minimum atomic E-state index is -1.30. The van der Waals surface area contributed by atoms with Gasteiger partial charge < -0.3 is 0 Å². The van der Waals surface area contributed by atoms with Crippen molar-refractivity contribution in [2.45, 2.75) is 91.0 Å². The highest BCUT2D eigenvalue weighted by molar-refractivity contribution is 7.83. The molecule has 0 saturated heterocycles. The van der Waals surface area contributed by atoms with Crippen LogP contribution in [0.3, 0.4) is 0 Å². The quantitative estimate of drug-likeness (QED) is 0.501. The van der Waals surface area contributed by atoms with Crippen molar-refractivity contribution >= 4 is 11.0 Å². The van der Waals surface area contributed by atoms with Gasteiger partial charge in [-0.05, 0) is 45.4 Å². The lowest BCUT2D eigenvalue weighted by Gasteiger charge is -2.32. The Morgan fingerprint density at radius 1 is 0.759 bits per heavy atom. The first-order valence-electron chi connectivity index (χ1n) is 10.8. The van der Waals surface area contributed by atoms with E-state index in [0.29, 0.717) is 17.8 Å². The summed E-state index contributed by atoms with van der Waals surface area (Å²) in [5, 5.41) is 0. The van der Waals surface area contributed by atoms with Crippen molar-refractivity contribution in [2.75, 3.05) is 0 Å². The minimum Gasteiger partial charge on any atom is -0.237 e. The first-order chi connectivity index (χ1) is 13.4. The van der Waals surface area contributed by atoms with Gasteiger partial charge in [0.1, 0.15) is 11.0 Å². The summed E-state index contributed by atoms with van der Waals surface area (Å²) in [4.78, 5) is 0.976. The van der Waals surface area contributed by atoms with Gasteiger partial charge in [-0.1, -0.05) is 105 Å². The van der Waals surface area contributed by atoms with E-state index in [0.717, 1.165) is 4.90 Å². The molecule has 0 unspecified atom stereocenters. The van der Waals surface area contributed by atoms with Crippen LogP contribution in [0.4, 0.5) is 0 Å². The SMILES string of the molecule is CC(C)c1cc(C(C)C)c([S@@](=O)N[C@H](c2ccccc2)C(C)(C)C)c(C(C)C)c1. The normalized spacial score (nSPS) is 14.6. The molecule has 0 bridgehead atoms. The molecular formula is C26H39NOS. The van der Waals surface area contributed by atoms with E-state index in [-0.39, 0.29) is 11.5 Å². The minimum absolute atomic E-state index is 0.00525. The van der Waals surface area contributed by atoms with Crippen LogP contribution in [0.1, 0.15) is 108 Å². The lowest BCUT2D eigenvalue weighted by Crippen LogP contribution is -2.34. The summed E-state index contributed by atoms with van der Waals surface area (Å²) in [5.74, 6) is 1.08. The largest absolute Gasteiger partial charge is 0.237 e. The first kappa shape index (κ1) is 23.8. The second kappa shape index (κ2) is 9.57. The van der Waals surface area contributed by atoms with Gasteiger partial charge in [-0.25, -0.2) is 8.93 Å².